The number of nitrogens with two attached hydrogens (primary N) is 1. The first-order valence-corrected chi connectivity index (χ1v) is 7.42. The van der Waals surface area contributed by atoms with E-state index in [9.17, 15) is 0 Å². The molecule has 0 aliphatic heterocycles. The molecule has 0 aliphatic rings. The van der Waals surface area contributed by atoms with E-state index in [1.165, 1.54) is 57.1 Å². The smallest absolute Gasteiger partial charge is 0.0340 e. The molecule has 3 N–H and O–H groups in total. The molecular formula is C16H28N2. The Balaban J connectivity index is 1.82. The fraction of sp³-hybridized carbons (Fsp3) is 0.625. The molecule has 0 aromatic heterocycles. The lowest BCUT2D eigenvalue weighted by Crippen LogP contribution is -2.00. The molecule has 2 nitrogen and oxygen atoms in total. The average Bonchev–Trinajstić information content (AvgIpc) is 2.42. The zero-order chi connectivity index (χ0) is 12.9. The maximum Gasteiger partial charge on any atom is 0.0340 e. The van der Waals surface area contributed by atoms with Crippen LogP contribution in [0.1, 0.15) is 51.4 Å². The third-order valence-corrected chi connectivity index (χ3v) is 3.23. The van der Waals surface area contributed by atoms with Gasteiger partial charge in [-0.1, -0.05) is 56.7 Å². The predicted octanol–water partition coefficient (Wildman–Crippen LogP) is 4.18. The first-order chi connectivity index (χ1) is 8.93. The van der Waals surface area contributed by atoms with Crippen molar-refractivity contribution in [2.45, 2.75) is 51.4 Å². The van der Waals surface area contributed by atoms with Crippen LogP contribution in [0.3, 0.4) is 0 Å². The highest BCUT2D eigenvalue weighted by molar-refractivity contribution is 5.42. The summed E-state index contributed by atoms with van der Waals surface area (Å²) in [5.41, 5.74) is 6.70. The van der Waals surface area contributed by atoms with E-state index < -0.39 is 0 Å². The van der Waals surface area contributed by atoms with Crippen molar-refractivity contribution in [3.8, 4) is 0 Å². The second kappa shape index (κ2) is 11.1. The van der Waals surface area contributed by atoms with E-state index >= 15 is 0 Å². The average molecular weight is 248 g/mol. The number of benzene rings is 1. The van der Waals surface area contributed by atoms with Crippen molar-refractivity contribution in [3.63, 3.8) is 0 Å². The van der Waals surface area contributed by atoms with Gasteiger partial charge in [-0.2, -0.15) is 0 Å². The molecule has 102 valence electrons. The number of unbranched alkanes of at least 4 members (excludes halogenated alkanes) is 7. The SMILES string of the molecule is NCCCCCCCCCCNc1ccccc1. The van der Waals surface area contributed by atoms with Crippen LogP contribution in [-0.2, 0) is 0 Å². The van der Waals surface area contributed by atoms with Gasteiger partial charge in [-0.25, -0.2) is 0 Å². The molecule has 0 atom stereocenters. The standard InChI is InChI=1S/C16H28N2/c17-14-10-5-3-1-2-4-6-11-15-18-16-12-8-7-9-13-16/h7-9,12-13,18H,1-6,10-11,14-15,17H2. The molecule has 0 saturated carbocycles. The molecule has 0 bridgehead atoms. The molecule has 1 aromatic rings. The molecule has 2 heteroatoms. The van der Waals surface area contributed by atoms with E-state index in [4.69, 9.17) is 5.73 Å². The van der Waals surface area contributed by atoms with Gasteiger partial charge in [-0.05, 0) is 31.5 Å². The number of para-hydroxylation sites is 1. The van der Waals surface area contributed by atoms with E-state index in [-0.39, 0.29) is 0 Å². The molecule has 0 fully saturated rings. The van der Waals surface area contributed by atoms with Crippen molar-refractivity contribution < 1.29 is 0 Å². The minimum Gasteiger partial charge on any atom is -0.385 e. The maximum absolute atomic E-state index is 5.47. The van der Waals surface area contributed by atoms with E-state index in [2.05, 4.69) is 35.6 Å². The molecule has 0 spiro atoms. The lowest BCUT2D eigenvalue weighted by Gasteiger charge is -2.05. The fourth-order valence-electron chi connectivity index (χ4n) is 2.12. The molecule has 1 aromatic carbocycles. The van der Waals surface area contributed by atoms with Crippen LogP contribution in [0.5, 0.6) is 0 Å². The molecule has 0 saturated heterocycles. The van der Waals surface area contributed by atoms with Crippen LogP contribution in [0.2, 0.25) is 0 Å². The Bertz CT molecular complexity index is 272. The number of nitrogens with one attached hydrogen (secondary N) is 1. The highest BCUT2D eigenvalue weighted by Crippen LogP contribution is 2.09. The molecule has 0 unspecified atom stereocenters. The Morgan fingerprint density at radius 3 is 1.89 bits per heavy atom. The summed E-state index contributed by atoms with van der Waals surface area (Å²) in [4.78, 5) is 0. The van der Waals surface area contributed by atoms with Gasteiger partial charge in [0, 0.05) is 12.2 Å². The van der Waals surface area contributed by atoms with Crippen LogP contribution in [0.4, 0.5) is 5.69 Å². The zero-order valence-corrected chi connectivity index (χ0v) is 11.5. The highest BCUT2D eigenvalue weighted by atomic mass is 14.9. The second-order valence-electron chi connectivity index (χ2n) is 4.91. The van der Waals surface area contributed by atoms with Crippen molar-refractivity contribution in [2.75, 3.05) is 18.4 Å². The molecular weight excluding hydrogens is 220 g/mol. The van der Waals surface area contributed by atoms with Gasteiger partial charge in [-0.3, -0.25) is 0 Å². The third kappa shape index (κ3) is 8.13. The van der Waals surface area contributed by atoms with E-state index in [0.29, 0.717) is 0 Å². The Morgan fingerprint density at radius 2 is 1.28 bits per heavy atom. The summed E-state index contributed by atoms with van der Waals surface area (Å²) < 4.78 is 0. The second-order valence-corrected chi connectivity index (χ2v) is 4.91. The van der Waals surface area contributed by atoms with Crippen LogP contribution < -0.4 is 11.1 Å². The quantitative estimate of drug-likeness (QED) is 0.577. The van der Waals surface area contributed by atoms with Crippen LogP contribution in [0.25, 0.3) is 0 Å². The van der Waals surface area contributed by atoms with Crippen LogP contribution in [-0.4, -0.2) is 13.1 Å². The largest absolute Gasteiger partial charge is 0.385 e. The van der Waals surface area contributed by atoms with Gasteiger partial charge in [0.2, 0.25) is 0 Å². The molecule has 0 aliphatic carbocycles. The van der Waals surface area contributed by atoms with Crippen LogP contribution in [0.15, 0.2) is 30.3 Å². The van der Waals surface area contributed by atoms with Gasteiger partial charge >= 0.3 is 0 Å². The zero-order valence-electron chi connectivity index (χ0n) is 11.5. The van der Waals surface area contributed by atoms with Gasteiger partial charge in [0.25, 0.3) is 0 Å². The Hall–Kier alpha value is -1.02. The first-order valence-electron chi connectivity index (χ1n) is 7.42. The normalized spacial score (nSPS) is 10.5. The molecule has 0 radical (unpaired) electrons. The third-order valence-electron chi connectivity index (χ3n) is 3.23. The molecule has 1 rings (SSSR count). The van der Waals surface area contributed by atoms with Crippen molar-refractivity contribution >= 4 is 5.69 Å². The fourth-order valence-corrected chi connectivity index (χ4v) is 2.12. The summed E-state index contributed by atoms with van der Waals surface area (Å²) in [5, 5.41) is 3.45. The number of anilines is 1. The Morgan fingerprint density at radius 1 is 0.722 bits per heavy atom. The summed E-state index contributed by atoms with van der Waals surface area (Å²) >= 11 is 0. The Kier molecular flexibility index (Phi) is 9.27. The summed E-state index contributed by atoms with van der Waals surface area (Å²) in [6, 6.07) is 10.4. The number of hydrogen-bond acceptors (Lipinski definition) is 2. The van der Waals surface area contributed by atoms with Crippen molar-refractivity contribution in [1.29, 1.82) is 0 Å². The van der Waals surface area contributed by atoms with Gasteiger partial charge in [0.15, 0.2) is 0 Å². The minimum atomic E-state index is 0.852. The van der Waals surface area contributed by atoms with Crippen LogP contribution in [0, 0.1) is 0 Å². The van der Waals surface area contributed by atoms with Crippen LogP contribution >= 0.6 is 0 Å². The maximum atomic E-state index is 5.47. The lowest BCUT2D eigenvalue weighted by atomic mass is 10.1. The summed E-state index contributed by atoms with van der Waals surface area (Å²) in [6.45, 7) is 1.95. The van der Waals surface area contributed by atoms with Gasteiger partial charge < -0.3 is 11.1 Å². The van der Waals surface area contributed by atoms with Crippen molar-refractivity contribution in [3.05, 3.63) is 30.3 Å². The number of hydrogen-bond donors (Lipinski definition) is 2. The van der Waals surface area contributed by atoms with E-state index in [1.807, 2.05) is 0 Å². The predicted molar refractivity (Wildman–Crippen MR) is 80.9 cm³/mol. The minimum absolute atomic E-state index is 0.852. The van der Waals surface area contributed by atoms with E-state index in [0.717, 1.165) is 13.1 Å². The van der Waals surface area contributed by atoms with Gasteiger partial charge in [0.05, 0.1) is 0 Å². The van der Waals surface area contributed by atoms with Gasteiger partial charge in [-0.15, -0.1) is 0 Å². The Labute approximate surface area is 112 Å². The van der Waals surface area contributed by atoms with Gasteiger partial charge in [0.1, 0.15) is 0 Å². The molecule has 0 heterocycles. The topological polar surface area (TPSA) is 38.0 Å². The summed E-state index contributed by atoms with van der Waals surface area (Å²) in [6.07, 6.45) is 10.6. The molecule has 18 heavy (non-hydrogen) atoms. The molecule has 0 amide bonds. The van der Waals surface area contributed by atoms with E-state index in [1.54, 1.807) is 0 Å². The van der Waals surface area contributed by atoms with Crippen molar-refractivity contribution in [2.24, 2.45) is 5.73 Å². The summed E-state index contributed by atoms with van der Waals surface area (Å²) in [7, 11) is 0. The summed E-state index contributed by atoms with van der Waals surface area (Å²) in [5.74, 6) is 0. The lowest BCUT2D eigenvalue weighted by molar-refractivity contribution is 0.575. The number of rotatable bonds is 11. The van der Waals surface area contributed by atoms with Crippen molar-refractivity contribution in [1.82, 2.24) is 0 Å². The highest BCUT2D eigenvalue weighted by Gasteiger charge is 1.92. The monoisotopic (exact) mass is 248 g/mol. The first kappa shape index (κ1) is 15.0.